The summed E-state index contributed by atoms with van der Waals surface area (Å²) in [7, 11) is 1.58. The van der Waals surface area contributed by atoms with Crippen molar-refractivity contribution in [3.05, 3.63) is 39.5 Å². The van der Waals surface area contributed by atoms with E-state index in [-0.39, 0.29) is 5.91 Å². The molecule has 0 radical (unpaired) electrons. The van der Waals surface area contributed by atoms with Gasteiger partial charge in [0.15, 0.2) is 5.13 Å². The Hall–Kier alpha value is -1.63. The van der Waals surface area contributed by atoms with Gasteiger partial charge in [-0.3, -0.25) is 10.1 Å². The number of nitrogens with one attached hydrogen (secondary N) is 1. The Labute approximate surface area is 128 Å². The van der Waals surface area contributed by atoms with E-state index < -0.39 is 0 Å². The summed E-state index contributed by atoms with van der Waals surface area (Å²) in [6.07, 6.45) is 0. The molecule has 0 saturated carbocycles. The number of amides is 1. The molecule has 102 valence electrons. The third-order valence-corrected chi connectivity index (χ3v) is 4.94. The lowest BCUT2D eigenvalue weighted by Gasteiger charge is -2.00. The zero-order valence-electron chi connectivity index (χ0n) is 10.3. The van der Waals surface area contributed by atoms with Crippen molar-refractivity contribution in [1.82, 2.24) is 4.98 Å². The Morgan fingerprint density at radius 3 is 2.95 bits per heavy atom. The number of benzene rings is 1. The molecule has 0 atom stereocenters. The van der Waals surface area contributed by atoms with E-state index in [2.05, 4.69) is 10.3 Å². The molecule has 0 aliphatic carbocycles. The van der Waals surface area contributed by atoms with Crippen LogP contribution in [0.1, 0.15) is 9.67 Å². The standard InChI is InChI=1S/C13H9ClN2O2S2/c1-18-8-5-4-7(14)11-10(8)15-13(20-11)16-12(17)9-3-2-6-19-9/h2-6H,1H3,(H,15,16,17). The predicted molar refractivity (Wildman–Crippen MR) is 83.5 cm³/mol. The van der Waals surface area contributed by atoms with Crippen LogP contribution in [0.4, 0.5) is 5.13 Å². The molecular formula is C13H9ClN2O2S2. The molecule has 0 unspecified atom stereocenters. The van der Waals surface area contributed by atoms with Crippen LogP contribution < -0.4 is 10.1 Å². The summed E-state index contributed by atoms with van der Waals surface area (Å²) in [5, 5.41) is 5.73. The minimum atomic E-state index is -0.172. The minimum absolute atomic E-state index is 0.172. The van der Waals surface area contributed by atoms with Gasteiger partial charge in [-0.25, -0.2) is 4.98 Å². The minimum Gasteiger partial charge on any atom is -0.494 e. The molecule has 7 heteroatoms. The normalized spacial score (nSPS) is 10.7. The van der Waals surface area contributed by atoms with Gasteiger partial charge in [0.25, 0.3) is 5.91 Å². The molecular weight excluding hydrogens is 316 g/mol. The lowest BCUT2D eigenvalue weighted by atomic mass is 10.3. The van der Waals surface area contributed by atoms with E-state index in [1.54, 1.807) is 25.3 Å². The highest BCUT2D eigenvalue weighted by Gasteiger charge is 2.14. The van der Waals surface area contributed by atoms with Gasteiger partial charge in [-0.2, -0.15) is 0 Å². The van der Waals surface area contributed by atoms with Gasteiger partial charge >= 0.3 is 0 Å². The fourth-order valence-electron chi connectivity index (χ4n) is 1.74. The van der Waals surface area contributed by atoms with Crippen molar-refractivity contribution >= 4 is 55.5 Å². The van der Waals surface area contributed by atoms with Gasteiger partial charge in [0.05, 0.1) is 21.7 Å². The van der Waals surface area contributed by atoms with Crippen LogP contribution in [0.5, 0.6) is 5.75 Å². The molecule has 1 aromatic carbocycles. The van der Waals surface area contributed by atoms with Gasteiger partial charge in [0, 0.05) is 0 Å². The van der Waals surface area contributed by atoms with Crippen molar-refractivity contribution in [3.8, 4) is 5.75 Å². The molecule has 3 rings (SSSR count). The van der Waals surface area contributed by atoms with E-state index in [0.717, 1.165) is 4.70 Å². The van der Waals surface area contributed by atoms with Crippen LogP contribution in [-0.2, 0) is 0 Å². The summed E-state index contributed by atoms with van der Waals surface area (Å²) in [5.74, 6) is 0.464. The fourth-order valence-corrected chi connectivity index (χ4v) is 3.51. The van der Waals surface area contributed by atoms with Crippen molar-refractivity contribution < 1.29 is 9.53 Å². The maximum atomic E-state index is 12.0. The van der Waals surface area contributed by atoms with Gasteiger partial charge < -0.3 is 4.74 Å². The number of carbonyl (C=O) groups excluding carboxylic acids is 1. The number of fused-ring (bicyclic) bond motifs is 1. The fraction of sp³-hybridized carbons (Fsp3) is 0.0769. The number of carbonyl (C=O) groups is 1. The molecule has 0 bridgehead atoms. The topological polar surface area (TPSA) is 51.2 Å². The largest absolute Gasteiger partial charge is 0.494 e. The molecule has 4 nitrogen and oxygen atoms in total. The van der Waals surface area contributed by atoms with Crippen molar-refractivity contribution in [2.75, 3.05) is 12.4 Å². The Morgan fingerprint density at radius 2 is 2.25 bits per heavy atom. The first-order valence-electron chi connectivity index (χ1n) is 5.67. The number of thiophene rings is 1. The van der Waals surface area contributed by atoms with E-state index in [1.165, 1.54) is 22.7 Å². The van der Waals surface area contributed by atoms with Crippen LogP contribution >= 0.6 is 34.3 Å². The van der Waals surface area contributed by atoms with Gasteiger partial charge in [-0.05, 0) is 23.6 Å². The zero-order chi connectivity index (χ0) is 14.1. The third kappa shape index (κ3) is 2.37. The van der Waals surface area contributed by atoms with E-state index in [0.29, 0.717) is 26.3 Å². The van der Waals surface area contributed by atoms with Gasteiger partial charge in [0.1, 0.15) is 11.3 Å². The number of halogens is 1. The predicted octanol–water partition coefficient (Wildman–Crippen LogP) is 4.27. The van der Waals surface area contributed by atoms with Crippen LogP contribution in [-0.4, -0.2) is 18.0 Å². The Kier molecular flexibility index (Phi) is 3.60. The first-order chi connectivity index (χ1) is 9.69. The SMILES string of the molecule is COc1ccc(Cl)c2sc(NC(=O)c3cccs3)nc12. The number of hydrogen-bond donors (Lipinski definition) is 1. The van der Waals surface area contributed by atoms with Crippen LogP contribution in [0.15, 0.2) is 29.6 Å². The molecule has 20 heavy (non-hydrogen) atoms. The Balaban J connectivity index is 1.97. The number of methoxy groups -OCH3 is 1. The zero-order valence-corrected chi connectivity index (χ0v) is 12.7. The average molecular weight is 325 g/mol. The lowest BCUT2D eigenvalue weighted by molar-refractivity contribution is 0.103. The summed E-state index contributed by atoms with van der Waals surface area (Å²) in [5.41, 5.74) is 0.659. The molecule has 2 aromatic heterocycles. The maximum Gasteiger partial charge on any atom is 0.267 e. The van der Waals surface area contributed by atoms with Crippen LogP contribution in [0, 0.1) is 0 Å². The van der Waals surface area contributed by atoms with Crippen molar-refractivity contribution in [3.63, 3.8) is 0 Å². The molecule has 0 spiro atoms. The van der Waals surface area contributed by atoms with E-state index >= 15 is 0 Å². The summed E-state index contributed by atoms with van der Waals surface area (Å²) in [6, 6.07) is 7.11. The Bertz CT molecular complexity index is 768. The highest BCUT2D eigenvalue weighted by Crippen LogP contribution is 2.37. The number of thiazole rings is 1. The van der Waals surface area contributed by atoms with Crippen LogP contribution in [0.2, 0.25) is 5.02 Å². The summed E-state index contributed by atoms with van der Waals surface area (Å²) >= 11 is 8.85. The first kappa shape index (κ1) is 13.4. The smallest absolute Gasteiger partial charge is 0.267 e. The van der Waals surface area contributed by atoms with Crippen molar-refractivity contribution in [2.24, 2.45) is 0 Å². The molecule has 0 fully saturated rings. The van der Waals surface area contributed by atoms with Gasteiger partial charge in [-0.15, -0.1) is 11.3 Å². The maximum absolute atomic E-state index is 12.0. The first-order valence-corrected chi connectivity index (χ1v) is 7.74. The van der Waals surface area contributed by atoms with E-state index in [9.17, 15) is 4.79 Å². The van der Waals surface area contributed by atoms with Gasteiger partial charge in [-0.1, -0.05) is 29.0 Å². The molecule has 1 N–H and O–H groups in total. The third-order valence-electron chi connectivity index (χ3n) is 2.64. The number of nitrogens with zero attached hydrogens (tertiary/aromatic N) is 1. The van der Waals surface area contributed by atoms with E-state index in [4.69, 9.17) is 16.3 Å². The second-order valence-corrected chi connectivity index (χ2v) is 6.23. The molecule has 2 heterocycles. The van der Waals surface area contributed by atoms with Gasteiger partial charge in [0.2, 0.25) is 0 Å². The summed E-state index contributed by atoms with van der Waals surface area (Å²) in [4.78, 5) is 17.0. The number of rotatable bonds is 3. The highest BCUT2D eigenvalue weighted by atomic mass is 35.5. The quantitative estimate of drug-likeness (QED) is 0.782. The average Bonchev–Trinajstić information content (AvgIpc) is 3.08. The second-order valence-electron chi connectivity index (χ2n) is 3.88. The number of ether oxygens (including phenoxy) is 1. The Morgan fingerprint density at radius 1 is 1.40 bits per heavy atom. The van der Waals surface area contributed by atoms with E-state index in [1.807, 2.05) is 11.4 Å². The molecule has 0 aliphatic heterocycles. The molecule has 1 amide bonds. The summed E-state index contributed by atoms with van der Waals surface area (Å²) in [6.45, 7) is 0. The highest BCUT2D eigenvalue weighted by molar-refractivity contribution is 7.23. The lowest BCUT2D eigenvalue weighted by Crippen LogP contribution is -2.09. The summed E-state index contributed by atoms with van der Waals surface area (Å²) < 4.78 is 6.05. The molecule has 0 saturated heterocycles. The second kappa shape index (κ2) is 5.40. The molecule has 3 aromatic rings. The molecule has 0 aliphatic rings. The van der Waals surface area contributed by atoms with Crippen molar-refractivity contribution in [1.29, 1.82) is 0 Å². The number of aromatic nitrogens is 1. The van der Waals surface area contributed by atoms with Crippen molar-refractivity contribution in [2.45, 2.75) is 0 Å². The number of hydrogen-bond acceptors (Lipinski definition) is 5. The van der Waals surface area contributed by atoms with Crippen LogP contribution in [0.25, 0.3) is 10.2 Å². The van der Waals surface area contributed by atoms with Crippen LogP contribution in [0.3, 0.4) is 0 Å². The number of anilines is 1. The monoisotopic (exact) mass is 324 g/mol.